The summed E-state index contributed by atoms with van der Waals surface area (Å²) in [5, 5.41) is 7.44. The van der Waals surface area contributed by atoms with Gasteiger partial charge < -0.3 is 14.5 Å². The van der Waals surface area contributed by atoms with Crippen molar-refractivity contribution in [1.82, 2.24) is 15.1 Å². The van der Waals surface area contributed by atoms with E-state index in [1.54, 1.807) is 18.2 Å². The van der Waals surface area contributed by atoms with E-state index in [0.717, 1.165) is 29.2 Å². The van der Waals surface area contributed by atoms with E-state index < -0.39 is 0 Å². The van der Waals surface area contributed by atoms with Crippen LogP contribution in [0.25, 0.3) is 0 Å². The van der Waals surface area contributed by atoms with Crippen LogP contribution in [0.4, 0.5) is 0 Å². The smallest absolute Gasteiger partial charge is 0.287 e. The van der Waals surface area contributed by atoms with E-state index in [1.165, 1.54) is 4.68 Å². The minimum absolute atomic E-state index is 0.156. The number of hydrogen-bond acceptors (Lipinski definition) is 6. The first kappa shape index (κ1) is 16.9. The highest BCUT2D eigenvalue weighted by molar-refractivity contribution is 9.10. The maximum absolute atomic E-state index is 12.5. The molecule has 132 valence electrons. The molecule has 1 N–H and O–H groups in total. The van der Waals surface area contributed by atoms with Gasteiger partial charge in [-0.3, -0.25) is 9.59 Å². The van der Waals surface area contributed by atoms with Gasteiger partial charge in [0, 0.05) is 18.2 Å². The van der Waals surface area contributed by atoms with Crippen LogP contribution in [0.5, 0.6) is 0 Å². The van der Waals surface area contributed by atoms with Crippen LogP contribution in [-0.2, 0) is 16.9 Å². The second kappa shape index (κ2) is 6.97. The van der Waals surface area contributed by atoms with Crippen LogP contribution >= 0.6 is 27.7 Å². The van der Waals surface area contributed by atoms with Gasteiger partial charge in [-0.15, -0.1) is 0 Å². The van der Waals surface area contributed by atoms with Crippen molar-refractivity contribution >= 4 is 33.6 Å². The van der Waals surface area contributed by atoms with Crippen molar-refractivity contribution in [3.63, 3.8) is 0 Å². The van der Waals surface area contributed by atoms with Crippen molar-refractivity contribution in [2.24, 2.45) is 0 Å². The number of furan rings is 1. The first-order valence-electron chi connectivity index (χ1n) is 7.95. The van der Waals surface area contributed by atoms with Crippen LogP contribution in [0.15, 0.2) is 32.1 Å². The lowest BCUT2D eigenvalue weighted by atomic mass is 10.1. The molecule has 0 aliphatic carbocycles. The number of carbonyl (C=O) groups excluding carboxylic acids is 1. The van der Waals surface area contributed by atoms with E-state index >= 15 is 0 Å². The number of thioether (sulfide) groups is 1. The molecule has 9 heteroatoms. The van der Waals surface area contributed by atoms with E-state index in [0.29, 0.717) is 17.9 Å². The number of ether oxygens (including phenoxy) is 1. The molecule has 2 aliphatic heterocycles. The lowest BCUT2D eigenvalue weighted by Crippen LogP contribution is -2.44. The molecule has 2 atom stereocenters. The predicted molar refractivity (Wildman–Crippen MR) is 95.9 cm³/mol. The molecule has 2 aromatic rings. The quantitative estimate of drug-likeness (QED) is 0.805. The van der Waals surface area contributed by atoms with E-state index in [-0.39, 0.29) is 29.3 Å². The summed E-state index contributed by atoms with van der Waals surface area (Å²) in [5.74, 6) is 1.70. The number of aromatic nitrogens is 2. The molecule has 2 aliphatic rings. The Bertz CT molecular complexity index is 865. The van der Waals surface area contributed by atoms with Gasteiger partial charge in [-0.25, -0.2) is 4.68 Å². The van der Waals surface area contributed by atoms with Gasteiger partial charge >= 0.3 is 0 Å². The molecule has 0 saturated carbocycles. The Kier molecular flexibility index (Phi) is 4.70. The Morgan fingerprint density at radius 3 is 3.08 bits per heavy atom. The van der Waals surface area contributed by atoms with E-state index in [1.807, 2.05) is 11.8 Å². The van der Waals surface area contributed by atoms with Crippen molar-refractivity contribution in [1.29, 1.82) is 0 Å². The zero-order valence-corrected chi connectivity index (χ0v) is 15.6. The summed E-state index contributed by atoms with van der Waals surface area (Å²) in [7, 11) is 0. The largest absolute Gasteiger partial charge is 0.444 e. The minimum atomic E-state index is -0.339. The van der Waals surface area contributed by atoms with Gasteiger partial charge in [0.1, 0.15) is 6.04 Å². The average molecular weight is 426 g/mol. The molecule has 0 spiro atoms. The number of halogens is 1. The van der Waals surface area contributed by atoms with Crippen molar-refractivity contribution in [2.75, 3.05) is 19.0 Å². The molecule has 0 bridgehead atoms. The molecule has 2 unspecified atom stereocenters. The van der Waals surface area contributed by atoms with Crippen molar-refractivity contribution in [3.8, 4) is 0 Å². The number of aryl methyl sites for hydroxylation is 1. The first-order chi connectivity index (χ1) is 12.1. The zero-order chi connectivity index (χ0) is 17.4. The molecular weight excluding hydrogens is 410 g/mol. The maximum atomic E-state index is 12.5. The SMILES string of the molecule is O=C(NC1COCC1n1nc2c(cc1=O)CSCC2)c1ccc(Br)o1. The Morgan fingerprint density at radius 2 is 2.28 bits per heavy atom. The summed E-state index contributed by atoms with van der Waals surface area (Å²) in [4.78, 5) is 24.8. The van der Waals surface area contributed by atoms with Crippen molar-refractivity contribution in [3.05, 3.63) is 50.2 Å². The second-order valence-electron chi connectivity index (χ2n) is 5.99. The molecular formula is C16H16BrN3O4S. The average Bonchev–Trinajstić information content (AvgIpc) is 3.23. The molecule has 1 fully saturated rings. The fourth-order valence-electron chi connectivity index (χ4n) is 3.06. The van der Waals surface area contributed by atoms with Crippen LogP contribution in [0.1, 0.15) is 27.9 Å². The molecule has 4 heterocycles. The number of carbonyl (C=O) groups is 1. The number of nitrogens with one attached hydrogen (secondary N) is 1. The van der Waals surface area contributed by atoms with Gasteiger partial charge in [-0.2, -0.15) is 16.9 Å². The van der Waals surface area contributed by atoms with Crippen LogP contribution < -0.4 is 10.9 Å². The maximum Gasteiger partial charge on any atom is 0.287 e. The fraction of sp³-hybridized carbons (Fsp3) is 0.438. The summed E-state index contributed by atoms with van der Waals surface area (Å²) in [5.41, 5.74) is 1.82. The van der Waals surface area contributed by atoms with E-state index in [4.69, 9.17) is 9.15 Å². The molecule has 1 amide bonds. The number of amides is 1. The third-order valence-corrected chi connectivity index (χ3v) is 5.78. The molecule has 4 rings (SSSR count). The van der Waals surface area contributed by atoms with Crippen LogP contribution in [0.3, 0.4) is 0 Å². The lowest BCUT2D eigenvalue weighted by Gasteiger charge is -2.22. The number of fused-ring (bicyclic) bond motifs is 1. The highest BCUT2D eigenvalue weighted by Gasteiger charge is 2.34. The van der Waals surface area contributed by atoms with Gasteiger partial charge in [0.2, 0.25) is 0 Å². The summed E-state index contributed by atoms with van der Waals surface area (Å²) >= 11 is 4.99. The lowest BCUT2D eigenvalue weighted by molar-refractivity contribution is 0.0895. The van der Waals surface area contributed by atoms with Crippen LogP contribution in [0.2, 0.25) is 0 Å². The number of hydrogen-bond donors (Lipinski definition) is 1. The molecule has 25 heavy (non-hydrogen) atoms. The van der Waals surface area contributed by atoms with Gasteiger partial charge in [0.15, 0.2) is 10.4 Å². The molecule has 7 nitrogen and oxygen atoms in total. The monoisotopic (exact) mass is 425 g/mol. The second-order valence-corrected chi connectivity index (χ2v) is 7.88. The fourth-order valence-corrected chi connectivity index (χ4v) is 4.32. The molecule has 0 aromatic carbocycles. The Labute approximate surface area is 156 Å². The topological polar surface area (TPSA) is 86.4 Å². The highest BCUT2D eigenvalue weighted by Crippen LogP contribution is 2.24. The van der Waals surface area contributed by atoms with Gasteiger partial charge in [-0.05, 0) is 39.4 Å². The van der Waals surface area contributed by atoms with Crippen LogP contribution in [-0.4, -0.2) is 40.7 Å². The normalized spacial score (nSPS) is 22.6. The zero-order valence-electron chi connectivity index (χ0n) is 13.2. The third-order valence-electron chi connectivity index (χ3n) is 4.34. The Balaban J connectivity index is 1.57. The van der Waals surface area contributed by atoms with Gasteiger partial charge in [0.25, 0.3) is 11.5 Å². The minimum Gasteiger partial charge on any atom is -0.444 e. The summed E-state index contributed by atoms with van der Waals surface area (Å²) in [6.07, 6.45) is 0.852. The number of rotatable bonds is 3. The predicted octanol–water partition coefficient (Wildman–Crippen LogP) is 1.76. The Hall–Kier alpha value is -1.58. The highest BCUT2D eigenvalue weighted by atomic mass is 79.9. The van der Waals surface area contributed by atoms with Crippen molar-refractivity contribution < 1.29 is 13.9 Å². The third kappa shape index (κ3) is 3.40. The molecule has 1 saturated heterocycles. The summed E-state index contributed by atoms with van der Waals surface area (Å²) < 4.78 is 12.7. The van der Waals surface area contributed by atoms with Gasteiger partial charge in [-0.1, -0.05) is 0 Å². The summed E-state index contributed by atoms with van der Waals surface area (Å²) in [6, 6.07) is 4.25. The van der Waals surface area contributed by atoms with Gasteiger partial charge in [0.05, 0.1) is 24.9 Å². The van der Waals surface area contributed by atoms with E-state index in [9.17, 15) is 9.59 Å². The molecule has 2 aromatic heterocycles. The first-order valence-corrected chi connectivity index (χ1v) is 9.90. The van der Waals surface area contributed by atoms with E-state index in [2.05, 4.69) is 26.3 Å². The summed E-state index contributed by atoms with van der Waals surface area (Å²) in [6.45, 7) is 0.673. The van der Waals surface area contributed by atoms with Crippen LogP contribution in [0, 0.1) is 0 Å². The Morgan fingerprint density at radius 1 is 1.40 bits per heavy atom. The van der Waals surface area contributed by atoms with Crippen molar-refractivity contribution in [2.45, 2.75) is 24.3 Å². The molecule has 0 radical (unpaired) electrons. The standard InChI is InChI=1S/C16H16BrN3O4S/c17-14-2-1-13(24-14)16(22)18-11-6-23-7-12(11)20-15(21)5-9-8-25-4-3-10(9)19-20/h1-2,5,11-12H,3-4,6-8H2,(H,18,22). The number of nitrogens with zero attached hydrogens (tertiary/aromatic N) is 2.